The lowest BCUT2D eigenvalue weighted by Crippen LogP contribution is -1.88. The number of rotatable bonds is 1. The fraction of sp³-hybridized carbons (Fsp3) is 0. The Hall–Kier alpha value is -0.660. The average molecular weight is 229 g/mol. The Morgan fingerprint density at radius 2 is 2.27 bits per heavy atom. The van der Waals surface area contributed by atoms with Crippen molar-refractivity contribution < 1.29 is 0 Å². The van der Waals surface area contributed by atoms with Crippen molar-refractivity contribution >= 4 is 33.4 Å². The molecule has 0 aliphatic heterocycles. The van der Waals surface area contributed by atoms with Crippen LogP contribution in [-0.2, 0) is 0 Å². The minimum Gasteiger partial charge on any atom is -0.397 e. The van der Waals surface area contributed by atoms with Gasteiger partial charge in [-0.15, -0.1) is 0 Å². The van der Waals surface area contributed by atoms with Gasteiger partial charge in [-0.1, -0.05) is 6.07 Å². The highest BCUT2D eigenvalue weighted by Gasteiger charge is 2.01. The molecular formula is C7H5BrN2S. The van der Waals surface area contributed by atoms with Crippen molar-refractivity contribution in [3.05, 3.63) is 22.7 Å². The van der Waals surface area contributed by atoms with E-state index in [-0.39, 0.29) is 0 Å². The number of nitrogens with zero attached hydrogens (tertiary/aromatic N) is 1. The molecule has 2 nitrogen and oxygen atoms in total. The van der Waals surface area contributed by atoms with Gasteiger partial charge in [-0.25, -0.2) is 0 Å². The van der Waals surface area contributed by atoms with Crippen molar-refractivity contribution in [1.82, 2.24) is 0 Å². The van der Waals surface area contributed by atoms with Crippen molar-refractivity contribution in [2.45, 2.75) is 4.90 Å². The van der Waals surface area contributed by atoms with Crippen molar-refractivity contribution in [3.8, 4) is 5.40 Å². The van der Waals surface area contributed by atoms with Gasteiger partial charge < -0.3 is 5.73 Å². The number of hydrogen-bond acceptors (Lipinski definition) is 3. The predicted octanol–water partition coefficient (Wildman–Crippen LogP) is 2.60. The molecule has 1 rings (SSSR count). The van der Waals surface area contributed by atoms with E-state index in [1.807, 2.05) is 23.6 Å². The molecule has 0 atom stereocenters. The van der Waals surface area contributed by atoms with Crippen LogP contribution < -0.4 is 5.73 Å². The van der Waals surface area contributed by atoms with E-state index >= 15 is 0 Å². The van der Waals surface area contributed by atoms with Crippen molar-refractivity contribution in [3.63, 3.8) is 0 Å². The van der Waals surface area contributed by atoms with Gasteiger partial charge in [0.05, 0.1) is 5.69 Å². The molecule has 1 aromatic rings. The van der Waals surface area contributed by atoms with Crippen LogP contribution in [0.2, 0.25) is 0 Å². The minimum atomic E-state index is 0.624. The summed E-state index contributed by atoms with van der Waals surface area (Å²) < 4.78 is 0.831. The van der Waals surface area contributed by atoms with Crippen LogP contribution >= 0.6 is 27.7 Å². The van der Waals surface area contributed by atoms with Crippen LogP contribution in [0.1, 0.15) is 0 Å². The first-order valence-electron chi connectivity index (χ1n) is 2.85. The molecular weight excluding hydrogens is 224 g/mol. The lowest BCUT2D eigenvalue weighted by molar-refractivity contribution is 1.44. The predicted molar refractivity (Wildman–Crippen MR) is 50.0 cm³/mol. The maximum atomic E-state index is 8.38. The lowest BCUT2D eigenvalue weighted by Gasteiger charge is -2.00. The van der Waals surface area contributed by atoms with Crippen LogP contribution in [0.3, 0.4) is 0 Å². The molecule has 0 fully saturated rings. The fourth-order valence-electron chi connectivity index (χ4n) is 0.655. The van der Waals surface area contributed by atoms with Crippen LogP contribution in [0.25, 0.3) is 0 Å². The molecule has 0 amide bonds. The number of nitrogens with two attached hydrogens (primary N) is 1. The summed E-state index contributed by atoms with van der Waals surface area (Å²) in [7, 11) is 0. The molecule has 56 valence electrons. The number of para-hydroxylation sites is 1. The number of thiocyanates is 1. The smallest absolute Gasteiger partial charge is 0.138 e. The van der Waals surface area contributed by atoms with Crippen molar-refractivity contribution in [2.75, 3.05) is 5.73 Å². The van der Waals surface area contributed by atoms with E-state index in [1.165, 1.54) is 0 Å². The lowest BCUT2D eigenvalue weighted by atomic mass is 10.3. The van der Waals surface area contributed by atoms with Gasteiger partial charge in [0.1, 0.15) is 5.40 Å². The molecule has 0 unspecified atom stereocenters. The monoisotopic (exact) mass is 228 g/mol. The maximum absolute atomic E-state index is 8.38. The van der Waals surface area contributed by atoms with Gasteiger partial charge in [0.2, 0.25) is 0 Å². The molecule has 0 aliphatic carbocycles. The first kappa shape index (κ1) is 8.44. The van der Waals surface area contributed by atoms with Crippen LogP contribution in [0.4, 0.5) is 5.69 Å². The second kappa shape index (κ2) is 3.65. The Labute approximate surface area is 77.5 Å². The van der Waals surface area contributed by atoms with Gasteiger partial charge in [0, 0.05) is 9.37 Å². The summed E-state index contributed by atoms with van der Waals surface area (Å²) in [6.45, 7) is 0. The highest BCUT2D eigenvalue weighted by molar-refractivity contribution is 9.10. The highest BCUT2D eigenvalue weighted by Crippen LogP contribution is 2.29. The summed E-state index contributed by atoms with van der Waals surface area (Å²) in [5.74, 6) is 0. The molecule has 0 saturated carbocycles. The van der Waals surface area contributed by atoms with Crippen LogP contribution in [0, 0.1) is 10.7 Å². The van der Waals surface area contributed by atoms with E-state index in [1.54, 1.807) is 0 Å². The van der Waals surface area contributed by atoms with Gasteiger partial charge in [-0.2, -0.15) is 5.26 Å². The second-order valence-corrected chi connectivity index (χ2v) is 3.53. The van der Waals surface area contributed by atoms with E-state index in [0.717, 1.165) is 21.1 Å². The molecule has 2 N–H and O–H groups in total. The number of benzene rings is 1. The van der Waals surface area contributed by atoms with Crippen molar-refractivity contribution in [2.24, 2.45) is 0 Å². The largest absolute Gasteiger partial charge is 0.397 e. The van der Waals surface area contributed by atoms with Crippen LogP contribution in [-0.4, -0.2) is 0 Å². The van der Waals surface area contributed by atoms with Gasteiger partial charge in [-0.05, 0) is 39.8 Å². The SMILES string of the molecule is N#CSc1cccc(Br)c1N. The molecule has 0 radical (unpaired) electrons. The number of anilines is 1. The Morgan fingerprint density at radius 1 is 1.55 bits per heavy atom. The standard InChI is InChI=1S/C7H5BrN2S/c8-5-2-1-3-6(7(5)10)11-4-9/h1-3H,10H2. The first-order chi connectivity index (χ1) is 5.25. The number of nitrogen functional groups attached to an aromatic ring is 1. The highest BCUT2D eigenvalue weighted by atomic mass is 79.9. The van der Waals surface area contributed by atoms with Gasteiger partial charge in [-0.3, -0.25) is 0 Å². The van der Waals surface area contributed by atoms with Gasteiger partial charge in [0.25, 0.3) is 0 Å². The summed E-state index contributed by atoms with van der Waals surface area (Å²) in [6.07, 6.45) is 0. The molecule has 1 aromatic carbocycles. The molecule has 0 heterocycles. The topological polar surface area (TPSA) is 49.8 Å². The molecule has 0 spiro atoms. The van der Waals surface area contributed by atoms with Crippen molar-refractivity contribution in [1.29, 1.82) is 5.26 Å². The number of nitriles is 1. The Bertz CT molecular complexity index is 306. The molecule has 0 bridgehead atoms. The van der Waals surface area contributed by atoms with Crippen LogP contribution in [0.5, 0.6) is 0 Å². The molecule has 0 saturated heterocycles. The Kier molecular flexibility index (Phi) is 2.80. The summed E-state index contributed by atoms with van der Waals surface area (Å²) in [6, 6.07) is 5.50. The summed E-state index contributed by atoms with van der Waals surface area (Å²) in [5, 5.41) is 10.3. The first-order valence-corrected chi connectivity index (χ1v) is 4.46. The quantitative estimate of drug-likeness (QED) is 0.457. The third-order valence-electron chi connectivity index (χ3n) is 1.17. The third kappa shape index (κ3) is 1.88. The zero-order valence-electron chi connectivity index (χ0n) is 5.54. The summed E-state index contributed by atoms with van der Waals surface area (Å²) in [4.78, 5) is 0.793. The van der Waals surface area contributed by atoms with Gasteiger partial charge >= 0.3 is 0 Å². The summed E-state index contributed by atoms with van der Waals surface area (Å²) >= 11 is 4.33. The zero-order valence-corrected chi connectivity index (χ0v) is 7.95. The van der Waals surface area contributed by atoms with E-state index < -0.39 is 0 Å². The molecule has 11 heavy (non-hydrogen) atoms. The average Bonchev–Trinajstić information content (AvgIpc) is 1.99. The Balaban J connectivity index is 3.08. The molecule has 0 aliphatic rings. The maximum Gasteiger partial charge on any atom is 0.138 e. The second-order valence-electron chi connectivity index (χ2n) is 1.84. The zero-order chi connectivity index (χ0) is 8.27. The van der Waals surface area contributed by atoms with Gasteiger partial charge in [0.15, 0.2) is 0 Å². The normalized spacial score (nSPS) is 9.09. The van der Waals surface area contributed by atoms with E-state index in [0.29, 0.717) is 5.69 Å². The number of thioether (sulfide) groups is 1. The Morgan fingerprint density at radius 3 is 2.91 bits per heavy atom. The third-order valence-corrected chi connectivity index (χ3v) is 2.53. The number of halogens is 1. The van der Waals surface area contributed by atoms with E-state index in [2.05, 4.69) is 15.9 Å². The van der Waals surface area contributed by atoms with Crippen LogP contribution in [0.15, 0.2) is 27.6 Å². The van der Waals surface area contributed by atoms with E-state index in [4.69, 9.17) is 11.0 Å². The fourth-order valence-corrected chi connectivity index (χ4v) is 1.62. The minimum absolute atomic E-state index is 0.624. The summed E-state index contributed by atoms with van der Waals surface area (Å²) in [5.41, 5.74) is 6.27. The molecule has 4 heteroatoms. The van der Waals surface area contributed by atoms with E-state index in [9.17, 15) is 0 Å². The molecule has 0 aromatic heterocycles. The number of hydrogen-bond donors (Lipinski definition) is 1.